The molecule has 0 saturated heterocycles. The van der Waals surface area contributed by atoms with Crippen LogP contribution in [0.3, 0.4) is 0 Å². The van der Waals surface area contributed by atoms with E-state index in [4.69, 9.17) is 4.74 Å². The number of para-hydroxylation sites is 1. The largest absolute Gasteiger partial charge is 0.453 e. The maximum absolute atomic E-state index is 12.7. The SMILES string of the molecule is Cc1nn(-c2ccccc2)c2sc(C(=O)OCC(=O)c3ccc(C4CCCCC4)cc3)cc12. The number of nitrogens with zero attached hydrogens (tertiary/aromatic N) is 2. The van der Waals surface area contributed by atoms with E-state index in [1.807, 2.05) is 54.1 Å². The highest BCUT2D eigenvalue weighted by Crippen LogP contribution is 2.33. The lowest BCUT2D eigenvalue weighted by molar-refractivity contribution is 0.0479. The third kappa shape index (κ3) is 4.48. The van der Waals surface area contributed by atoms with Gasteiger partial charge in [0, 0.05) is 10.9 Å². The molecule has 0 N–H and O–H groups in total. The van der Waals surface area contributed by atoms with Crippen molar-refractivity contribution < 1.29 is 14.3 Å². The molecule has 168 valence electrons. The van der Waals surface area contributed by atoms with E-state index < -0.39 is 5.97 Å². The summed E-state index contributed by atoms with van der Waals surface area (Å²) >= 11 is 1.33. The molecule has 6 heteroatoms. The predicted molar refractivity (Wildman–Crippen MR) is 131 cm³/mol. The van der Waals surface area contributed by atoms with Crippen LogP contribution in [0.5, 0.6) is 0 Å². The van der Waals surface area contributed by atoms with Gasteiger partial charge in [-0.15, -0.1) is 11.3 Å². The average Bonchev–Trinajstić information content (AvgIpc) is 3.44. The van der Waals surface area contributed by atoms with Gasteiger partial charge in [0.25, 0.3) is 0 Å². The maximum atomic E-state index is 12.7. The Morgan fingerprint density at radius 3 is 2.48 bits per heavy atom. The molecule has 4 aromatic rings. The summed E-state index contributed by atoms with van der Waals surface area (Å²) in [5.41, 5.74) is 3.66. The molecule has 1 aliphatic rings. The Bertz CT molecular complexity index is 1280. The molecule has 0 spiro atoms. The predicted octanol–water partition coefficient (Wildman–Crippen LogP) is 6.48. The fourth-order valence-electron chi connectivity index (χ4n) is 4.55. The monoisotopic (exact) mass is 458 g/mol. The number of ketones is 1. The summed E-state index contributed by atoms with van der Waals surface area (Å²) < 4.78 is 7.21. The van der Waals surface area contributed by atoms with Crippen molar-refractivity contribution in [3.8, 4) is 5.69 Å². The molecular formula is C27H26N2O3S. The zero-order chi connectivity index (χ0) is 22.8. The highest BCUT2D eigenvalue weighted by Gasteiger charge is 2.20. The smallest absolute Gasteiger partial charge is 0.348 e. The lowest BCUT2D eigenvalue weighted by Crippen LogP contribution is -2.14. The quantitative estimate of drug-likeness (QED) is 0.245. The van der Waals surface area contributed by atoms with Crippen molar-refractivity contribution in [1.29, 1.82) is 0 Å². The number of Topliss-reactive ketones (excluding diaryl/α,β-unsaturated/α-hetero) is 1. The fourth-order valence-corrected chi connectivity index (χ4v) is 5.63. The fraction of sp³-hybridized carbons (Fsp3) is 0.296. The molecule has 0 unspecified atom stereocenters. The second-order valence-electron chi connectivity index (χ2n) is 8.62. The summed E-state index contributed by atoms with van der Waals surface area (Å²) in [6.07, 6.45) is 6.33. The molecule has 5 rings (SSSR count). The number of aryl methyl sites for hydroxylation is 1. The Hall–Kier alpha value is -3.25. The van der Waals surface area contributed by atoms with Crippen LogP contribution in [0.2, 0.25) is 0 Å². The number of carbonyl (C=O) groups is 2. The van der Waals surface area contributed by atoms with Gasteiger partial charge < -0.3 is 4.74 Å². The molecule has 0 amide bonds. The first-order valence-electron chi connectivity index (χ1n) is 11.4. The first kappa shape index (κ1) is 21.6. The van der Waals surface area contributed by atoms with Gasteiger partial charge in [-0.3, -0.25) is 4.79 Å². The van der Waals surface area contributed by atoms with Crippen LogP contribution in [0, 0.1) is 6.92 Å². The molecule has 0 bridgehead atoms. The van der Waals surface area contributed by atoms with E-state index in [1.54, 1.807) is 6.07 Å². The minimum absolute atomic E-state index is 0.189. The third-order valence-electron chi connectivity index (χ3n) is 6.39. The number of rotatable bonds is 6. The number of hydrogen-bond donors (Lipinski definition) is 0. The molecule has 2 aromatic carbocycles. The zero-order valence-electron chi connectivity index (χ0n) is 18.6. The van der Waals surface area contributed by atoms with E-state index in [0.717, 1.165) is 21.6 Å². The highest BCUT2D eigenvalue weighted by atomic mass is 32.1. The van der Waals surface area contributed by atoms with Gasteiger partial charge in [0.1, 0.15) is 9.71 Å². The van der Waals surface area contributed by atoms with Gasteiger partial charge in [-0.25, -0.2) is 9.48 Å². The Morgan fingerprint density at radius 2 is 1.76 bits per heavy atom. The van der Waals surface area contributed by atoms with E-state index >= 15 is 0 Å². The van der Waals surface area contributed by atoms with Gasteiger partial charge in [-0.2, -0.15) is 5.10 Å². The van der Waals surface area contributed by atoms with E-state index in [0.29, 0.717) is 16.4 Å². The van der Waals surface area contributed by atoms with Crippen LogP contribution in [-0.4, -0.2) is 28.1 Å². The van der Waals surface area contributed by atoms with Gasteiger partial charge in [-0.1, -0.05) is 61.7 Å². The van der Waals surface area contributed by atoms with Crippen molar-refractivity contribution >= 4 is 33.3 Å². The van der Waals surface area contributed by atoms with Crippen LogP contribution in [0.1, 0.15) is 69.3 Å². The van der Waals surface area contributed by atoms with Crippen LogP contribution in [0.15, 0.2) is 60.7 Å². The first-order chi connectivity index (χ1) is 16.1. The second kappa shape index (κ2) is 9.32. The van der Waals surface area contributed by atoms with Gasteiger partial charge in [0.05, 0.1) is 11.4 Å². The normalized spacial score (nSPS) is 14.5. The Labute approximate surface area is 197 Å². The molecule has 0 radical (unpaired) electrons. The van der Waals surface area contributed by atoms with Crippen molar-refractivity contribution in [2.45, 2.75) is 44.9 Å². The number of ether oxygens (including phenoxy) is 1. The van der Waals surface area contributed by atoms with Gasteiger partial charge >= 0.3 is 5.97 Å². The van der Waals surface area contributed by atoms with Crippen LogP contribution in [0.25, 0.3) is 15.9 Å². The molecular weight excluding hydrogens is 432 g/mol. The van der Waals surface area contributed by atoms with Crippen LogP contribution < -0.4 is 0 Å². The number of esters is 1. The van der Waals surface area contributed by atoms with Gasteiger partial charge in [-0.05, 0) is 49.4 Å². The Morgan fingerprint density at radius 1 is 1.03 bits per heavy atom. The topological polar surface area (TPSA) is 61.2 Å². The van der Waals surface area contributed by atoms with E-state index in [-0.39, 0.29) is 12.4 Å². The molecule has 2 aromatic heterocycles. The first-order valence-corrected chi connectivity index (χ1v) is 12.3. The number of aromatic nitrogens is 2. The van der Waals surface area contributed by atoms with Crippen molar-refractivity contribution in [2.75, 3.05) is 6.61 Å². The van der Waals surface area contributed by atoms with Crippen LogP contribution in [-0.2, 0) is 4.74 Å². The summed E-state index contributed by atoms with van der Waals surface area (Å²) in [5, 5.41) is 5.51. The lowest BCUT2D eigenvalue weighted by atomic mass is 9.84. The maximum Gasteiger partial charge on any atom is 0.348 e. The molecule has 5 nitrogen and oxygen atoms in total. The van der Waals surface area contributed by atoms with Crippen LogP contribution >= 0.6 is 11.3 Å². The molecule has 0 aliphatic heterocycles. The summed E-state index contributed by atoms with van der Waals surface area (Å²) in [6, 6.07) is 19.4. The Balaban J connectivity index is 1.26. The number of carbonyl (C=O) groups excluding carboxylic acids is 2. The van der Waals surface area contributed by atoms with Gasteiger partial charge in [0.15, 0.2) is 12.4 Å². The molecule has 1 aliphatic carbocycles. The Kier molecular flexibility index (Phi) is 6.09. The number of hydrogen-bond acceptors (Lipinski definition) is 5. The second-order valence-corrected chi connectivity index (χ2v) is 9.65. The summed E-state index contributed by atoms with van der Waals surface area (Å²) in [6.45, 7) is 1.66. The number of thiophene rings is 1. The van der Waals surface area contributed by atoms with E-state index in [1.165, 1.54) is 49.0 Å². The van der Waals surface area contributed by atoms with Crippen molar-refractivity contribution in [3.63, 3.8) is 0 Å². The van der Waals surface area contributed by atoms with Crippen molar-refractivity contribution in [3.05, 3.63) is 82.4 Å². The molecule has 2 heterocycles. The minimum Gasteiger partial charge on any atom is -0.453 e. The molecule has 33 heavy (non-hydrogen) atoms. The zero-order valence-corrected chi connectivity index (χ0v) is 19.4. The van der Waals surface area contributed by atoms with Crippen molar-refractivity contribution in [2.24, 2.45) is 0 Å². The van der Waals surface area contributed by atoms with Crippen molar-refractivity contribution in [1.82, 2.24) is 9.78 Å². The van der Waals surface area contributed by atoms with Gasteiger partial charge in [0.2, 0.25) is 0 Å². The molecule has 1 fully saturated rings. The molecule has 1 saturated carbocycles. The van der Waals surface area contributed by atoms with Crippen LogP contribution in [0.4, 0.5) is 0 Å². The van der Waals surface area contributed by atoms with E-state index in [9.17, 15) is 9.59 Å². The summed E-state index contributed by atoms with van der Waals surface area (Å²) in [7, 11) is 0. The lowest BCUT2D eigenvalue weighted by Gasteiger charge is -2.22. The molecule has 0 atom stereocenters. The highest BCUT2D eigenvalue weighted by molar-refractivity contribution is 7.20. The standard InChI is InChI=1S/C27H26N2O3S/c1-18-23-16-25(33-26(23)29(28-18)22-10-6-3-7-11-22)27(31)32-17-24(30)21-14-12-20(13-15-21)19-8-4-2-5-9-19/h3,6-7,10-16,19H,2,4-5,8-9,17H2,1H3. The average molecular weight is 459 g/mol. The minimum atomic E-state index is -0.484. The number of benzene rings is 2. The summed E-state index contributed by atoms with van der Waals surface area (Å²) in [5.74, 6) is -0.0716. The third-order valence-corrected chi connectivity index (χ3v) is 7.48. The summed E-state index contributed by atoms with van der Waals surface area (Å²) in [4.78, 5) is 26.6. The van der Waals surface area contributed by atoms with E-state index in [2.05, 4.69) is 17.2 Å². The number of fused-ring (bicyclic) bond motifs is 1.